The molecule has 1 aromatic heterocycles. The summed E-state index contributed by atoms with van der Waals surface area (Å²) in [6.07, 6.45) is 1.62. The number of nitrogens with zero attached hydrogens (tertiary/aromatic N) is 1. The van der Waals surface area contributed by atoms with Crippen LogP contribution in [0.3, 0.4) is 0 Å². The van der Waals surface area contributed by atoms with Crippen LogP contribution in [0, 0.1) is 0 Å². The third-order valence-electron chi connectivity index (χ3n) is 3.62. The lowest BCUT2D eigenvalue weighted by atomic mass is 10.0. The Bertz CT molecular complexity index is 692. The molecule has 1 aliphatic heterocycles. The molecule has 1 atom stereocenters. The van der Waals surface area contributed by atoms with Crippen LogP contribution in [-0.4, -0.2) is 30.2 Å². The molecule has 1 unspecified atom stereocenters. The number of hydrogen-bond donors (Lipinski definition) is 2. The number of hydrogen-bond acceptors (Lipinski definition) is 6. The highest BCUT2D eigenvalue weighted by molar-refractivity contribution is 7.22. The summed E-state index contributed by atoms with van der Waals surface area (Å²) in [4.78, 5) is 16.7. The Morgan fingerprint density at radius 1 is 1.57 bits per heavy atom. The molecule has 6 nitrogen and oxygen atoms in total. The van der Waals surface area contributed by atoms with Crippen LogP contribution in [0.5, 0.6) is 5.75 Å². The molecule has 2 aromatic rings. The second kappa shape index (κ2) is 5.16. The maximum Gasteiger partial charge on any atom is 0.258 e. The van der Waals surface area contributed by atoms with Gasteiger partial charge in [-0.25, -0.2) is 4.98 Å². The van der Waals surface area contributed by atoms with Crippen molar-refractivity contribution in [3.63, 3.8) is 0 Å². The molecule has 0 aliphatic carbocycles. The van der Waals surface area contributed by atoms with E-state index in [4.69, 9.17) is 15.2 Å². The molecule has 1 fully saturated rings. The number of carbonyl (C=O) groups is 1. The Hall–Kier alpha value is -1.86. The molecule has 1 aromatic carbocycles. The minimum atomic E-state index is -0.763. The highest BCUT2D eigenvalue weighted by Gasteiger charge is 2.38. The van der Waals surface area contributed by atoms with Gasteiger partial charge < -0.3 is 15.2 Å². The molecule has 21 heavy (non-hydrogen) atoms. The first-order chi connectivity index (χ1) is 10.0. The summed E-state index contributed by atoms with van der Waals surface area (Å²) in [5.74, 6) is 0.441. The quantitative estimate of drug-likeness (QED) is 0.850. The van der Waals surface area contributed by atoms with E-state index in [2.05, 4.69) is 10.3 Å². The van der Waals surface area contributed by atoms with Crippen LogP contribution in [-0.2, 0) is 9.53 Å². The van der Waals surface area contributed by atoms with Crippen molar-refractivity contribution in [3.05, 3.63) is 12.1 Å². The van der Waals surface area contributed by atoms with Gasteiger partial charge >= 0.3 is 0 Å². The van der Waals surface area contributed by atoms with Crippen LogP contribution in [0.4, 0.5) is 10.8 Å². The van der Waals surface area contributed by atoms with Crippen molar-refractivity contribution >= 4 is 38.3 Å². The monoisotopic (exact) mass is 307 g/mol. The molecule has 2 heterocycles. The molecule has 0 spiro atoms. The first-order valence-corrected chi connectivity index (χ1v) is 7.53. The number of carbonyl (C=O) groups excluding carboxylic acids is 1. The molecule has 0 saturated carbocycles. The largest absolute Gasteiger partial charge is 0.494 e. The zero-order chi connectivity index (χ0) is 15.0. The molecular weight excluding hydrogens is 290 g/mol. The number of thiazole rings is 1. The molecule has 0 bridgehead atoms. The van der Waals surface area contributed by atoms with Gasteiger partial charge in [0.25, 0.3) is 5.91 Å². The zero-order valence-corrected chi connectivity index (χ0v) is 12.8. The molecule has 1 aliphatic rings. The molecular formula is C14H17N3O3S. The van der Waals surface area contributed by atoms with Gasteiger partial charge in [0.1, 0.15) is 16.9 Å². The SMILES string of the molecule is COc1cc(N)cc2sc(NC(=O)C3(C)CCCO3)nc12. The molecule has 3 rings (SSSR count). The number of rotatable bonds is 3. The summed E-state index contributed by atoms with van der Waals surface area (Å²) in [6, 6.07) is 3.54. The lowest BCUT2D eigenvalue weighted by Crippen LogP contribution is -2.39. The Balaban J connectivity index is 1.89. The number of fused-ring (bicyclic) bond motifs is 1. The number of nitrogens with one attached hydrogen (secondary N) is 1. The standard InChI is InChI=1S/C14H17N3O3S/c1-14(4-3-5-20-14)12(18)17-13-16-11-9(19-2)6-8(15)7-10(11)21-13/h6-7H,3-5,15H2,1-2H3,(H,16,17,18). The Labute approximate surface area is 126 Å². The van der Waals surface area contributed by atoms with E-state index in [0.717, 1.165) is 17.5 Å². The Morgan fingerprint density at radius 3 is 3.05 bits per heavy atom. The minimum absolute atomic E-state index is 0.161. The number of nitrogens with two attached hydrogens (primary N) is 1. The fourth-order valence-corrected chi connectivity index (χ4v) is 3.34. The average molecular weight is 307 g/mol. The molecule has 0 radical (unpaired) electrons. The van der Waals surface area contributed by atoms with Crippen molar-refractivity contribution in [2.45, 2.75) is 25.4 Å². The molecule has 7 heteroatoms. The van der Waals surface area contributed by atoms with Crippen LogP contribution in [0.25, 0.3) is 10.2 Å². The summed E-state index contributed by atoms with van der Waals surface area (Å²) >= 11 is 1.37. The van der Waals surface area contributed by atoms with Gasteiger partial charge in [-0.05, 0) is 25.8 Å². The summed E-state index contributed by atoms with van der Waals surface area (Å²) < 4.78 is 11.7. The third kappa shape index (κ3) is 2.54. The van der Waals surface area contributed by atoms with Crippen LogP contribution >= 0.6 is 11.3 Å². The van der Waals surface area contributed by atoms with Gasteiger partial charge in [0, 0.05) is 18.4 Å². The van der Waals surface area contributed by atoms with Gasteiger partial charge in [0.05, 0.1) is 11.8 Å². The Kier molecular flexibility index (Phi) is 3.46. The number of nitrogen functional groups attached to an aromatic ring is 1. The second-order valence-electron chi connectivity index (χ2n) is 5.23. The Morgan fingerprint density at radius 2 is 2.38 bits per heavy atom. The van der Waals surface area contributed by atoms with Crippen LogP contribution in [0.1, 0.15) is 19.8 Å². The van der Waals surface area contributed by atoms with Gasteiger partial charge in [-0.2, -0.15) is 0 Å². The maximum absolute atomic E-state index is 12.3. The van der Waals surface area contributed by atoms with E-state index in [1.807, 2.05) is 6.07 Å². The van der Waals surface area contributed by atoms with E-state index in [0.29, 0.717) is 28.7 Å². The highest BCUT2D eigenvalue weighted by Crippen LogP contribution is 2.35. The van der Waals surface area contributed by atoms with Gasteiger partial charge in [0.15, 0.2) is 5.13 Å². The van der Waals surface area contributed by atoms with Crippen molar-refractivity contribution in [1.82, 2.24) is 4.98 Å². The van der Waals surface area contributed by atoms with Crippen molar-refractivity contribution in [2.24, 2.45) is 0 Å². The minimum Gasteiger partial charge on any atom is -0.494 e. The average Bonchev–Trinajstić information content (AvgIpc) is 3.04. The fourth-order valence-electron chi connectivity index (χ4n) is 2.42. The predicted octanol–water partition coefficient (Wildman–Crippen LogP) is 2.39. The van der Waals surface area contributed by atoms with E-state index >= 15 is 0 Å². The lowest BCUT2D eigenvalue weighted by Gasteiger charge is -2.20. The van der Waals surface area contributed by atoms with Crippen LogP contribution in [0.15, 0.2) is 12.1 Å². The topological polar surface area (TPSA) is 86.5 Å². The van der Waals surface area contributed by atoms with Crippen LogP contribution in [0.2, 0.25) is 0 Å². The van der Waals surface area contributed by atoms with Crippen LogP contribution < -0.4 is 15.8 Å². The first-order valence-electron chi connectivity index (χ1n) is 6.71. The van der Waals surface area contributed by atoms with Crippen molar-refractivity contribution in [2.75, 3.05) is 24.8 Å². The van der Waals surface area contributed by atoms with Crippen molar-refractivity contribution in [1.29, 1.82) is 0 Å². The van der Waals surface area contributed by atoms with Crippen molar-refractivity contribution < 1.29 is 14.3 Å². The number of aromatic nitrogens is 1. The molecule has 1 saturated heterocycles. The van der Waals surface area contributed by atoms with Gasteiger partial charge in [0.2, 0.25) is 0 Å². The lowest BCUT2D eigenvalue weighted by molar-refractivity contribution is -0.133. The highest BCUT2D eigenvalue weighted by atomic mass is 32.1. The molecule has 3 N–H and O–H groups in total. The smallest absolute Gasteiger partial charge is 0.258 e. The summed E-state index contributed by atoms with van der Waals surface area (Å²) in [6.45, 7) is 2.43. The van der Waals surface area contributed by atoms with E-state index < -0.39 is 5.60 Å². The number of ether oxygens (including phenoxy) is 2. The predicted molar refractivity (Wildman–Crippen MR) is 82.8 cm³/mol. The third-order valence-corrected chi connectivity index (χ3v) is 4.54. The van der Waals surface area contributed by atoms with Crippen molar-refractivity contribution in [3.8, 4) is 5.75 Å². The van der Waals surface area contributed by atoms with E-state index in [1.165, 1.54) is 11.3 Å². The number of amides is 1. The second-order valence-corrected chi connectivity index (χ2v) is 6.26. The fraction of sp³-hybridized carbons (Fsp3) is 0.429. The molecule has 112 valence electrons. The maximum atomic E-state index is 12.3. The summed E-state index contributed by atoms with van der Waals surface area (Å²) in [7, 11) is 1.57. The number of benzene rings is 1. The summed E-state index contributed by atoms with van der Waals surface area (Å²) in [5, 5.41) is 3.36. The first kappa shape index (κ1) is 14.1. The summed E-state index contributed by atoms with van der Waals surface area (Å²) in [5.41, 5.74) is 6.36. The van der Waals surface area contributed by atoms with E-state index in [9.17, 15) is 4.79 Å². The molecule has 1 amide bonds. The normalized spacial score (nSPS) is 21.6. The van der Waals surface area contributed by atoms with Gasteiger partial charge in [-0.3, -0.25) is 10.1 Å². The number of methoxy groups -OCH3 is 1. The van der Waals surface area contributed by atoms with Gasteiger partial charge in [-0.1, -0.05) is 11.3 Å². The number of anilines is 2. The zero-order valence-electron chi connectivity index (χ0n) is 11.9. The van der Waals surface area contributed by atoms with Gasteiger partial charge in [-0.15, -0.1) is 0 Å². The van der Waals surface area contributed by atoms with E-state index in [-0.39, 0.29) is 5.91 Å². The van der Waals surface area contributed by atoms with E-state index in [1.54, 1.807) is 20.1 Å².